The van der Waals surface area contributed by atoms with Gasteiger partial charge in [0.05, 0.1) is 0 Å². The third-order valence-corrected chi connectivity index (χ3v) is 4.18. The fraction of sp³-hybridized carbons (Fsp3) is 0.368. The van der Waals surface area contributed by atoms with Crippen LogP contribution in [0.2, 0.25) is 0 Å². The van der Waals surface area contributed by atoms with E-state index in [9.17, 15) is 0 Å². The number of nitrogens with zero attached hydrogens (tertiary/aromatic N) is 2. The Bertz CT molecular complexity index is 679. The van der Waals surface area contributed by atoms with E-state index in [1.807, 2.05) is 24.3 Å². The minimum absolute atomic E-state index is 0.626. The van der Waals surface area contributed by atoms with Crippen LogP contribution in [0.3, 0.4) is 0 Å². The van der Waals surface area contributed by atoms with Crippen LogP contribution in [0.15, 0.2) is 48.2 Å². The SMILES string of the molecule is Cc1ccccc1Nc1nccc(NCCC2=CCCCC2)n1. The summed E-state index contributed by atoms with van der Waals surface area (Å²) in [5.74, 6) is 1.49. The lowest BCUT2D eigenvalue weighted by atomic mass is 9.97. The van der Waals surface area contributed by atoms with Crippen LogP contribution in [0.4, 0.5) is 17.5 Å². The maximum atomic E-state index is 4.54. The van der Waals surface area contributed by atoms with Crippen molar-refractivity contribution in [2.45, 2.75) is 39.0 Å². The number of hydrogen-bond acceptors (Lipinski definition) is 4. The average Bonchev–Trinajstić information content (AvgIpc) is 2.58. The van der Waals surface area contributed by atoms with E-state index >= 15 is 0 Å². The second-order valence-electron chi connectivity index (χ2n) is 5.99. The van der Waals surface area contributed by atoms with Crippen molar-refractivity contribution in [1.82, 2.24) is 9.97 Å². The summed E-state index contributed by atoms with van der Waals surface area (Å²) in [6.45, 7) is 3.00. The Kier molecular flexibility index (Phi) is 5.25. The van der Waals surface area contributed by atoms with E-state index < -0.39 is 0 Å². The molecule has 0 fully saturated rings. The second-order valence-corrected chi connectivity index (χ2v) is 5.99. The predicted molar refractivity (Wildman–Crippen MR) is 96.2 cm³/mol. The lowest BCUT2D eigenvalue weighted by molar-refractivity contribution is 0.679. The molecule has 4 heteroatoms. The molecule has 1 aromatic heterocycles. The lowest BCUT2D eigenvalue weighted by Crippen LogP contribution is -2.07. The Balaban J connectivity index is 1.57. The molecule has 0 spiro atoms. The molecule has 2 aromatic rings. The van der Waals surface area contributed by atoms with Gasteiger partial charge >= 0.3 is 0 Å². The summed E-state index contributed by atoms with van der Waals surface area (Å²) in [6, 6.07) is 10.1. The lowest BCUT2D eigenvalue weighted by Gasteiger charge is -2.13. The zero-order chi connectivity index (χ0) is 15.9. The number of allylic oxidation sites excluding steroid dienone is 1. The molecule has 1 heterocycles. The van der Waals surface area contributed by atoms with E-state index in [1.165, 1.54) is 31.2 Å². The first-order chi connectivity index (χ1) is 11.3. The standard InChI is InChI=1S/C19H24N4/c1-15-7-5-6-10-17(15)22-19-21-14-12-18(23-19)20-13-11-16-8-3-2-4-9-16/h5-8,10,12,14H,2-4,9,11,13H2,1H3,(H2,20,21,22,23). The molecule has 2 N–H and O–H groups in total. The second kappa shape index (κ2) is 7.77. The average molecular weight is 308 g/mol. The van der Waals surface area contributed by atoms with Crippen molar-refractivity contribution in [1.29, 1.82) is 0 Å². The van der Waals surface area contributed by atoms with Crippen molar-refractivity contribution in [3.8, 4) is 0 Å². The van der Waals surface area contributed by atoms with Crippen molar-refractivity contribution in [2.75, 3.05) is 17.2 Å². The highest BCUT2D eigenvalue weighted by Crippen LogP contribution is 2.20. The fourth-order valence-corrected chi connectivity index (χ4v) is 2.83. The van der Waals surface area contributed by atoms with E-state index in [0.717, 1.165) is 24.5 Å². The van der Waals surface area contributed by atoms with Gasteiger partial charge in [0, 0.05) is 18.4 Å². The molecule has 23 heavy (non-hydrogen) atoms. The van der Waals surface area contributed by atoms with Gasteiger partial charge in [-0.1, -0.05) is 29.8 Å². The molecular weight excluding hydrogens is 284 g/mol. The minimum Gasteiger partial charge on any atom is -0.370 e. The van der Waals surface area contributed by atoms with E-state index in [0.29, 0.717) is 5.95 Å². The molecule has 0 aliphatic heterocycles. The van der Waals surface area contributed by atoms with Crippen molar-refractivity contribution in [3.63, 3.8) is 0 Å². The van der Waals surface area contributed by atoms with Gasteiger partial charge in [0.15, 0.2) is 0 Å². The maximum absolute atomic E-state index is 4.54. The van der Waals surface area contributed by atoms with Gasteiger partial charge in [-0.15, -0.1) is 0 Å². The number of anilines is 3. The monoisotopic (exact) mass is 308 g/mol. The molecule has 0 bridgehead atoms. The van der Waals surface area contributed by atoms with Gasteiger partial charge in [0.1, 0.15) is 5.82 Å². The highest BCUT2D eigenvalue weighted by Gasteiger charge is 2.05. The molecule has 4 nitrogen and oxygen atoms in total. The smallest absolute Gasteiger partial charge is 0.229 e. The minimum atomic E-state index is 0.626. The molecule has 0 amide bonds. The van der Waals surface area contributed by atoms with Crippen molar-refractivity contribution >= 4 is 17.5 Å². The first kappa shape index (κ1) is 15.5. The molecular formula is C19H24N4. The number of benzene rings is 1. The van der Waals surface area contributed by atoms with Crippen LogP contribution in [0.25, 0.3) is 0 Å². The summed E-state index contributed by atoms with van der Waals surface area (Å²) in [4.78, 5) is 8.84. The first-order valence-electron chi connectivity index (χ1n) is 8.39. The van der Waals surface area contributed by atoms with Gasteiger partial charge in [-0.3, -0.25) is 0 Å². The molecule has 0 saturated heterocycles. The van der Waals surface area contributed by atoms with E-state index in [4.69, 9.17) is 0 Å². The van der Waals surface area contributed by atoms with Gasteiger partial charge < -0.3 is 10.6 Å². The van der Waals surface area contributed by atoms with Crippen LogP contribution < -0.4 is 10.6 Å². The van der Waals surface area contributed by atoms with Crippen LogP contribution in [0, 0.1) is 6.92 Å². The normalized spacial score (nSPS) is 14.2. The van der Waals surface area contributed by atoms with Gasteiger partial charge in [-0.05, 0) is 56.7 Å². The summed E-state index contributed by atoms with van der Waals surface area (Å²) in [7, 11) is 0. The molecule has 0 radical (unpaired) electrons. The number of nitrogens with one attached hydrogen (secondary N) is 2. The third-order valence-electron chi connectivity index (χ3n) is 4.18. The van der Waals surface area contributed by atoms with Gasteiger partial charge in [0.2, 0.25) is 5.95 Å². The zero-order valence-electron chi connectivity index (χ0n) is 13.7. The van der Waals surface area contributed by atoms with E-state index in [-0.39, 0.29) is 0 Å². The molecule has 0 unspecified atom stereocenters. The van der Waals surface area contributed by atoms with Crippen LogP contribution in [0.1, 0.15) is 37.7 Å². The summed E-state index contributed by atoms with van der Waals surface area (Å²) in [6.07, 6.45) is 10.5. The quantitative estimate of drug-likeness (QED) is 0.750. The molecule has 1 aromatic carbocycles. The molecule has 1 aliphatic carbocycles. The van der Waals surface area contributed by atoms with Crippen LogP contribution >= 0.6 is 0 Å². The third kappa shape index (κ3) is 4.55. The van der Waals surface area contributed by atoms with Gasteiger partial charge in [-0.25, -0.2) is 4.98 Å². The molecule has 0 saturated carbocycles. The fourth-order valence-electron chi connectivity index (χ4n) is 2.83. The van der Waals surface area contributed by atoms with Crippen LogP contribution in [-0.2, 0) is 0 Å². The Labute approximate surface area is 138 Å². The van der Waals surface area contributed by atoms with Gasteiger partial charge in [-0.2, -0.15) is 4.98 Å². The summed E-state index contributed by atoms with van der Waals surface area (Å²) >= 11 is 0. The van der Waals surface area contributed by atoms with Crippen molar-refractivity contribution in [3.05, 3.63) is 53.7 Å². The Morgan fingerprint density at radius 2 is 2.04 bits per heavy atom. The molecule has 120 valence electrons. The topological polar surface area (TPSA) is 49.8 Å². The van der Waals surface area contributed by atoms with E-state index in [1.54, 1.807) is 11.8 Å². The Morgan fingerprint density at radius 1 is 1.13 bits per heavy atom. The molecule has 1 aliphatic rings. The Morgan fingerprint density at radius 3 is 2.87 bits per heavy atom. The number of para-hydroxylation sites is 1. The number of rotatable bonds is 6. The highest BCUT2D eigenvalue weighted by atomic mass is 15.1. The first-order valence-corrected chi connectivity index (χ1v) is 8.39. The summed E-state index contributed by atoms with van der Waals surface area (Å²) in [5, 5.41) is 6.68. The summed E-state index contributed by atoms with van der Waals surface area (Å²) in [5.41, 5.74) is 3.80. The number of hydrogen-bond donors (Lipinski definition) is 2. The zero-order valence-corrected chi connectivity index (χ0v) is 13.7. The van der Waals surface area contributed by atoms with Crippen LogP contribution in [-0.4, -0.2) is 16.5 Å². The van der Waals surface area contributed by atoms with Crippen molar-refractivity contribution in [2.24, 2.45) is 0 Å². The maximum Gasteiger partial charge on any atom is 0.229 e. The van der Waals surface area contributed by atoms with Crippen LogP contribution in [0.5, 0.6) is 0 Å². The molecule has 3 rings (SSSR count). The summed E-state index contributed by atoms with van der Waals surface area (Å²) < 4.78 is 0. The predicted octanol–water partition coefficient (Wildman–Crippen LogP) is 4.83. The van der Waals surface area contributed by atoms with Crippen molar-refractivity contribution < 1.29 is 0 Å². The largest absolute Gasteiger partial charge is 0.370 e. The molecule has 0 atom stereocenters. The highest BCUT2D eigenvalue weighted by molar-refractivity contribution is 5.58. The van der Waals surface area contributed by atoms with Gasteiger partial charge in [0.25, 0.3) is 0 Å². The number of aryl methyl sites for hydroxylation is 1. The van der Waals surface area contributed by atoms with E-state index in [2.05, 4.69) is 39.7 Å². The number of aromatic nitrogens is 2. The Hall–Kier alpha value is -2.36.